The van der Waals surface area contributed by atoms with Gasteiger partial charge in [0.25, 0.3) is 0 Å². The van der Waals surface area contributed by atoms with Gasteiger partial charge in [-0.3, -0.25) is 0 Å². The third kappa shape index (κ3) is 4.22. The number of rotatable bonds is 0. The Labute approximate surface area is 115 Å². The van der Waals surface area contributed by atoms with Gasteiger partial charge >= 0.3 is 23.1 Å². The molecule has 0 aromatic rings. The van der Waals surface area contributed by atoms with E-state index in [1.165, 1.54) is 6.42 Å². The fourth-order valence-electron chi connectivity index (χ4n) is 1.87. The molecule has 1 nitrogen and oxygen atoms in total. The van der Waals surface area contributed by atoms with E-state index < -0.39 is 5.60 Å². The van der Waals surface area contributed by atoms with Crippen LogP contribution in [-0.4, -0.2) is 28.7 Å². The molecule has 0 heterocycles. The minimum absolute atomic E-state index is 0. The van der Waals surface area contributed by atoms with Crippen LogP contribution in [0.15, 0.2) is 0 Å². The molecular weight excluding hydrogens is 287 g/mol. The summed E-state index contributed by atoms with van der Waals surface area (Å²) in [4.78, 5) is 0. The van der Waals surface area contributed by atoms with Crippen molar-refractivity contribution in [2.75, 3.05) is 0 Å². The first-order valence-electron chi connectivity index (χ1n) is 4.66. The Bertz CT molecular complexity index is 136. The SMILES string of the molecule is CC(C)(C)C1([O-])CCCCC1.[I-].[Mg+2]. The maximum Gasteiger partial charge on any atom is 2.00 e. The summed E-state index contributed by atoms with van der Waals surface area (Å²) in [6.07, 6.45) is 5.31. The Kier molecular flexibility index (Phi) is 7.95. The van der Waals surface area contributed by atoms with Crippen molar-refractivity contribution >= 4 is 23.1 Å². The number of hydrogen-bond acceptors (Lipinski definition) is 1. The molecule has 3 heteroatoms. The van der Waals surface area contributed by atoms with Gasteiger partial charge in [-0.25, -0.2) is 0 Å². The molecule has 1 rings (SSSR count). The van der Waals surface area contributed by atoms with Gasteiger partial charge in [-0.1, -0.05) is 52.9 Å². The Balaban J connectivity index is 0. The van der Waals surface area contributed by atoms with E-state index in [1.807, 2.05) is 0 Å². The molecule has 0 aromatic heterocycles. The van der Waals surface area contributed by atoms with Gasteiger partial charge in [0.15, 0.2) is 0 Å². The van der Waals surface area contributed by atoms with Gasteiger partial charge in [-0.15, -0.1) is 5.60 Å². The molecule has 1 aliphatic rings. The second kappa shape index (κ2) is 6.13. The van der Waals surface area contributed by atoms with E-state index in [4.69, 9.17) is 0 Å². The summed E-state index contributed by atoms with van der Waals surface area (Å²) >= 11 is 0. The molecule has 74 valence electrons. The predicted molar refractivity (Wildman–Crippen MR) is 51.0 cm³/mol. The van der Waals surface area contributed by atoms with Crippen LogP contribution in [-0.2, 0) is 0 Å². The average Bonchev–Trinajstić information content (AvgIpc) is 1.87. The molecule has 0 atom stereocenters. The molecule has 13 heavy (non-hydrogen) atoms. The third-order valence-electron chi connectivity index (χ3n) is 3.03. The Morgan fingerprint density at radius 2 is 1.38 bits per heavy atom. The van der Waals surface area contributed by atoms with Crippen LogP contribution in [0.3, 0.4) is 0 Å². The fraction of sp³-hybridized carbons (Fsp3) is 1.00. The van der Waals surface area contributed by atoms with Crippen molar-refractivity contribution < 1.29 is 29.1 Å². The average molecular weight is 306 g/mol. The molecule has 0 bridgehead atoms. The normalized spacial score (nSPS) is 21.2. The molecule has 1 aliphatic carbocycles. The third-order valence-corrected chi connectivity index (χ3v) is 3.03. The summed E-state index contributed by atoms with van der Waals surface area (Å²) < 4.78 is 0. The first kappa shape index (κ1) is 16.9. The molecule has 0 N–H and O–H groups in total. The van der Waals surface area contributed by atoms with E-state index in [0.717, 1.165) is 25.7 Å². The van der Waals surface area contributed by atoms with Crippen LogP contribution in [0.5, 0.6) is 0 Å². The zero-order valence-corrected chi connectivity index (χ0v) is 12.6. The van der Waals surface area contributed by atoms with E-state index in [2.05, 4.69) is 20.8 Å². The maximum absolute atomic E-state index is 12.1. The molecule has 0 unspecified atom stereocenters. The van der Waals surface area contributed by atoms with Crippen LogP contribution in [0.4, 0.5) is 0 Å². The van der Waals surface area contributed by atoms with Crippen molar-refractivity contribution in [1.29, 1.82) is 0 Å². The van der Waals surface area contributed by atoms with Crippen molar-refractivity contribution in [3.63, 3.8) is 0 Å². The van der Waals surface area contributed by atoms with Crippen molar-refractivity contribution in [1.82, 2.24) is 0 Å². The number of halogens is 1. The van der Waals surface area contributed by atoms with Gasteiger partial charge in [-0.2, -0.15) is 0 Å². The van der Waals surface area contributed by atoms with E-state index in [1.54, 1.807) is 0 Å². The molecule has 0 spiro atoms. The van der Waals surface area contributed by atoms with Gasteiger partial charge in [0.05, 0.1) is 0 Å². The molecule has 0 aliphatic heterocycles. The smallest absolute Gasteiger partial charge is 1.00 e. The standard InChI is InChI=1S/C10H19O.HI.Mg/c1-9(2,3)10(11)7-5-4-6-8-10;;/h4-8H2,1-3H3;1H;/q-1;;+2/p-1. The minimum Gasteiger partial charge on any atom is -1.00 e. The summed E-state index contributed by atoms with van der Waals surface area (Å²) in [5.41, 5.74) is -0.682. The van der Waals surface area contributed by atoms with Crippen LogP contribution in [0.2, 0.25) is 0 Å². The summed E-state index contributed by atoms with van der Waals surface area (Å²) in [7, 11) is 0. The van der Waals surface area contributed by atoms with Crippen molar-refractivity contribution in [3.8, 4) is 0 Å². The number of hydrogen-bond donors (Lipinski definition) is 0. The molecule has 0 amide bonds. The topological polar surface area (TPSA) is 23.1 Å². The second-order valence-corrected chi connectivity index (χ2v) is 4.80. The van der Waals surface area contributed by atoms with Gasteiger partial charge in [0.2, 0.25) is 0 Å². The minimum atomic E-state index is -0.634. The van der Waals surface area contributed by atoms with Crippen LogP contribution < -0.4 is 29.1 Å². The van der Waals surface area contributed by atoms with Crippen LogP contribution in [0, 0.1) is 5.41 Å². The van der Waals surface area contributed by atoms with Gasteiger partial charge < -0.3 is 29.1 Å². The van der Waals surface area contributed by atoms with Gasteiger partial charge in [-0.05, 0) is 5.41 Å². The Hall–Kier alpha value is 1.46. The quantitative estimate of drug-likeness (QED) is 0.404. The molecule has 0 aromatic carbocycles. The second-order valence-electron chi connectivity index (χ2n) is 4.80. The van der Waals surface area contributed by atoms with E-state index in [0.29, 0.717) is 0 Å². The molecule has 0 saturated heterocycles. The van der Waals surface area contributed by atoms with E-state index in [9.17, 15) is 5.11 Å². The van der Waals surface area contributed by atoms with Crippen LogP contribution in [0.1, 0.15) is 52.9 Å². The summed E-state index contributed by atoms with van der Waals surface area (Å²) in [5, 5.41) is 12.1. The summed E-state index contributed by atoms with van der Waals surface area (Å²) in [6.45, 7) is 6.22. The van der Waals surface area contributed by atoms with E-state index in [-0.39, 0.29) is 52.4 Å². The Morgan fingerprint density at radius 1 is 1.00 bits per heavy atom. The zero-order chi connectivity index (χ0) is 8.54. The van der Waals surface area contributed by atoms with E-state index >= 15 is 0 Å². The first-order chi connectivity index (χ1) is 4.96. The largest absolute Gasteiger partial charge is 2.00 e. The molecule has 0 radical (unpaired) electrons. The molecule has 1 saturated carbocycles. The molecule has 1 fully saturated rings. The van der Waals surface area contributed by atoms with Crippen LogP contribution in [0.25, 0.3) is 0 Å². The first-order valence-corrected chi connectivity index (χ1v) is 4.66. The summed E-state index contributed by atoms with van der Waals surface area (Å²) in [5.74, 6) is 0. The van der Waals surface area contributed by atoms with Gasteiger partial charge in [0.1, 0.15) is 0 Å². The summed E-state index contributed by atoms with van der Waals surface area (Å²) in [6, 6.07) is 0. The van der Waals surface area contributed by atoms with Crippen molar-refractivity contribution in [2.24, 2.45) is 5.41 Å². The maximum atomic E-state index is 12.1. The van der Waals surface area contributed by atoms with Crippen LogP contribution >= 0.6 is 0 Å². The zero-order valence-electron chi connectivity index (χ0n) is 9.03. The fourth-order valence-corrected chi connectivity index (χ4v) is 1.87. The molecular formula is C10H19IMgO. The van der Waals surface area contributed by atoms with Gasteiger partial charge in [0, 0.05) is 0 Å². The Morgan fingerprint density at radius 3 is 1.62 bits per heavy atom. The van der Waals surface area contributed by atoms with Crippen molar-refractivity contribution in [3.05, 3.63) is 0 Å². The predicted octanol–water partition coefficient (Wildman–Crippen LogP) is -1.28. The van der Waals surface area contributed by atoms with Crippen molar-refractivity contribution in [2.45, 2.75) is 58.5 Å². The monoisotopic (exact) mass is 306 g/mol.